The Morgan fingerprint density at radius 2 is 1.94 bits per heavy atom. The van der Waals surface area contributed by atoms with E-state index in [1.54, 1.807) is 20.0 Å². The van der Waals surface area contributed by atoms with E-state index in [1.807, 2.05) is 13.8 Å². The zero-order valence-corrected chi connectivity index (χ0v) is 12.2. The van der Waals surface area contributed by atoms with Gasteiger partial charge in [-0.15, -0.1) is 0 Å². The highest BCUT2D eigenvalue weighted by atomic mass is 32.2. The van der Waals surface area contributed by atoms with Gasteiger partial charge in [0.1, 0.15) is 5.82 Å². The fourth-order valence-corrected chi connectivity index (χ4v) is 2.62. The first-order chi connectivity index (χ1) is 8.09. The highest BCUT2D eigenvalue weighted by Crippen LogP contribution is 2.11. The number of rotatable bonds is 5. The molecule has 0 aliphatic carbocycles. The molecule has 2 N–H and O–H groups in total. The maximum Gasteiger partial charge on any atom is 0.209 e. The SMILES string of the molecule is Cc1cnc(C)c(NCC(C)(C)NS(C)(=O)=O)n1. The number of nitrogens with zero attached hydrogens (tertiary/aromatic N) is 2. The van der Waals surface area contributed by atoms with Crippen molar-refractivity contribution in [2.75, 3.05) is 18.1 Å². The molecule has 1 heterocycles. The molecule has 0 unspecified atom stereocenters. The molecule has 0 spiro atoms. The second kappa shape index (κ2) is 5.19. The molecular formula is C11H20N4O2S. The number of hydrogen-bond acceptors (Lipinski definition) is 5. The summed E-state index contributed by atoms with van der Waals surface area (Å²) in [7, 11) is -3.23. The van der Waals surface area contributed by atoms with Crippen LogP contribution in [0.1, 0.15) is 25.2 Å². The van der Waals surface area contributed by atoms with Crippen LogP contribution >= 0.6 is 0 Å². The minimum absolute atomic E-state index is 0.430. The average molecular weight is 272 g/mol. The molecule has 102 valence electrons. The minimum Gasteiger partial charge on any atom is -0.367 e. The van der Waals surface area contributed by atoms with Crippen LogP contribution in [0, 0.1) is 13.8 Å². The van der Waals surface area contributed by atoms with Crippen LogP contribution in [0.25, 0.3) is 0 Å². The van der Waals surface area contributed by atoms with Crippen LogP contribution in [0.3, 0.4) is 0 Å². The molecule has 1 rings (SSSR count). The number of nitrogens with one attached hydrogen (secondary N) is 2. The zero-order chi connectivity index (χ0) is 14.0. The predicted molar refractivity (Wildman–Crippen MR) is 72.1 cm³/mol. The molecule has 0 aliphatic rings. The van der Waals surface area contributed by atoms with Gasteiger partial charge in [0.15, 0.2) is 0 Å². The Morgan fingerprint density at radius 1 is 1.33 bits per heavy atom. The summed E-state index contributed by atoms with van der Waals surface area (Å²) in [5.41, 5.74) is 1.01. The van der Waals surface area contributed by atoms with E-state index in [1.165, 1.54) is 0 Å². The van der Waals surface area contributed by atoms with Crippen molar-refractivity contribution in [3.05, 3.63) is 17.6 Å². The maximum atomic E-state index is 11.2. The third kappa shape index (κ3) is 4.97. The Hall–Kier alpha value is -1.21. The topological polar surface area (TPSA) is 84.0 Å². The van der Waals surface area contributed by atoms with Gasteiger partial charge in [-0.25, -0.2) is 18.1 Å². The first-order valence-corrected chi connectivity index (χ1v) is 7.51. The first-order valence-electron chi connectivity index (χ1n) is 5.62. The number of aromatic nitrogens is 2. The Bertz CT molecular complexity index is 526. The number of anilines is 1. The van der Waals surface area contributed by atoms with Crippen LogP contribution in [0.15, 0.2) is 6.20 Å². The summed E-state index contributed by atoms with van der Waals surface area (Å²) in [6, 6.07) is 0. The molecule has 6 nitrogen and oxygen atoms in total. The normalized spacial score (nSPS) is 12.5. The van der Waals surface area contributed by atoms with Gasteiger partial charge in [-0.2, -0.15) is 0 Å². The van der Waals surface area contributed by atoms with Gasteiger partial charge in [0, 0.05) is 18.3 Å². The van der Waals surface area contributed by atoms with Crippen LogP contribution < -0.4 is 10.0 Å². The van der Waals surface area contributed by atoms with E-state index in [2.05, 4.69) is 20.0 Å². The van der Waals surface area contributed by atoms with Crippen molar-refractivity contribution in [2.45, 2.75) is 33.2 Å². The van der Waals surface area contributed by atoms with Crippen molar-refractivity contribution in [2.24, 2.45) is 0 Å². The Balaban J connectivity index is 2.72. The quantitative estimate of drug-likeness (QED) is 0.829. The lowest BCUT2D eigenvalue weighted by molar-refractivity contribution is 0.475. The van der Waals surface area contributed by atoms with Gasteiger partial charge >= 0.3 is 0 Å². The summed E-state index contributed by atoms with van der Waals surface area (Å²) < 4.78 is 25.0. The summed E-state index contributed by atoms with van der Waals surface area (Å²) in [5.74, 6) is 0.679. The third-order valence-electron chi connectivity index (χ3n) is 2.24. The van der Waals surface area contributed by atoms with Crippen LogP contribution in [0.4, 0.5) is 5.82 Å². The highest BCUT2D eigenvalue weighted by Gasteiger charge is 2.22. The fourth-order valence-electron chi connectivity index (χ4n) is 1.55. The Labute approximate surface area is 108 Å². The van der Waals surface area contributed by atoms with Gasteiger partial charge in [0.2, 0.25) is 10.0 Å². The largest absolute Gasteiger partial charge is 0.367 e. The molecule has 0 bridgehead atoms. The molecule has 1 aromatic rings. The van der Waals surface area contributed by atoms with Crippen LogP contribution in [-0.2, 0) is 10.0 Å². The van der Waals surface area contributed by atoms with Gasteiger partial charge in [-0.3, -0.25) is 4.98 Å². The predicted octanol–water partition coefficient (Wildman–Crippen LogP) is 0.833. The molecule has 0 radical (unpaired) electrons. The standard InChI is InChI=1S/C11H20N4O2S/c1-8-6-12-9(2)10(14-8)13-7-11(3,4)15-18(5,16)17/h6,15H,7H2,1-5H3,(H,13,14). The van der Waals surface area contributed by atoms with Gasteiger partial charge < -0.3 is 5.32 Å². The van der Waals surface area contributed by atoms with E-state index in [-0.39, 0.29) is 0 Å². The Morgan fingerprint density at radius 3 is 2.50 bits per heavy atom. The molecule has 0 fully saturated rings. The summed E-state index contributed by atoms with van der Waals surface area (Å²) in [4.78, 5) is 8.51. The molecule has 0 aliphatic heterocycles. The van der Waals surface area contributed by atoms with E-state index in [9.17, 15) is 8.42 Å². The smallest absolute Gasteiger partial charge is 0.209 e. The minimum atomic E-state index is -3.23. The van der Waals surface area contributed by atoms with Crippen molar-refractivity contribution in [1.82, 2.24) is 14.7 Å². The van der Waals surface area contributed by atoms with E-state index < -0.39 is 15.6 Å². The average Bonchev–Trinajstić information content (AvgIpc) is 2.16. The van der Waals surface area contributed by atoms with Crippen molar-refractivity contribution >= 4 is 15.8 Å². The summed E-state index contributed by atoms with van der Waals surface area (Å²) >= 11 is 0. The second-order valence-corrected chi connectivity index (χ2v) is 6.81. The third-order valence-corrected chi connectivity index (χ3v) is 3.16. The van der Waals surface area contributed by atoms with Crippen LogP contribution in [-0.4, -0.2) is 36.7 Å². The van der Waals surface area contributed by atoms with Crippen molar-refractivity contribution < 1.29 is 8.42 Å². The van der Waals surface area contributed by atoms with E-state index in [0.29, 0.717) is 12.4 Å². The number of aryl methyl sites for hydroxylation is 2. The van der Waals surface area contributed by atoms with Gasteiger partial charge in [-0.1, -0.05) is 0 Å². The van der Waals surface area contributed by atoms with Gasteiger partial charge in [0.05, 0.1) is 17.6 Å². The van der Waals surface area contributed by atoms with Gasteiger partial charge in [-0.05, 0) is 27.7 Å². The zero-order valence-electron chi connectivity index (χ0n) is 11.4. The first kappa shape index (κ1) is 14.8. The maximum absolute atomic E-state index is 11.2. The molecule has 0 saturated heterocycles. The lowest BCUT2D eigenvalue weighted by Gasteiger charge is -2.25. The fraction of sp³-hybridized carbons (Fsp3) is 0.636. The lowest BCUT2D eigenvalue weighted by atomic mass is 10.1. The number of sulfonamides is 1. The molecule has 0 aromatic carbocycles. The van der Waals surface area contributed by atoms with Crippen molar-refractivity contribution in [3.8, 4) is 0 Å². The summed E-state index contributed by atoms with van der Waals surface area (Å²) in [6.07, 6.45) is 2.84. The van der Waals surface area contributed by atoms with E-state index in [0.717, 1.165) is 17.6 Å². The van der Waals surface area contributed by atoms with E-state index >= 15 is 0 Å². The van der Waals surface area contributed by atoms with Crippen molar-refractivity contribution in [3.63, 3.8) is 0 Å². The molecule has 7 heteroatoms. The summed E-state index contributed by atoms with van der Waals surface area (Å²) in [6.45, 7) is 7.75. The monoisotopic (exact) mass is 272 g/mol. The molecule has 0 atom stereocenters. The van der Waals surface area contributed by atoms with Crippen LogP contribution in [0.2, 0.25) is 0 Å². The molecule has 0 saturated carbocycles. The van der Waals surface area contributed by atoms with Crippen LogP contribution in [0.5, 0.6) is 0 Å². The molecule has 0 amide bonds. The lowest BCUT2D eigenvalue weighted by Crippen LogP contribution is -2.47. The van der Waals surface area contributed by atoms with E-state index in [4.69, 9.17) is 0 Å². The highest BCUT2D eigenvalue weighted by molar-refractivity contribution is 7.88. The Kier molecular flexibility index (Phi) is 4.28. The van der Waals surface area contributed by atoms with Gasteiger partial charge in [0.25, 0.3) is 0 Å². The summed E-state index contributed by atoms with van der Waals surface area (Å²) in [5, 5.41) is 3.12. The molecule has 18 heavy (non-hydrogen) atoms. The molecular weight excluding hydrogens is 252 g/mol. The second-order valence-electron chi connectivity index (χ2n) is 5.06. The van der Waals surface area contributed by atoms with Crippen molar-refractivity contribution in [1.29, 1.82) is 0 Å². The molecule has 1 aromatic heterocycles. The number of hydrogen-bond donors (Lipinski definition) is 2.